The van der Waals surface area contributed by atoms with Gasteiger partial charge in [0.05, 0.1) is 0 Å². The molecule has 0 bridgehead atoms. The summed E-state index contributed by atoms with van der Waals surface area (Å²) >= 11 is 1.36. The fraction of sp³-hybridized carbons (Fsp3) is 0.0500. The number of fused-ring (bicyclic) bond motifs is 1. The van der Waals surface area contributed by atoms with Crippen LogP contribution in [0.4, 0.5) is 0 Å². The van der Waals surface area contributed by atoms with Crippen molar-refractivity contribution in [3.05, 3.63) is 113 Å². The van der Waals surface area contributed by atoms with Crippen LogP contribution in [0.5, 0.6) is 0 Å². The molecule has 0 aliphatic heterocycles. The second-order valence-corrected chi connectivity index (χ2v) is 3.00. The third-order valence-corrected chi connectivity index (χ3v) is 1.98. The molecule has 0 atom stereocenters. The molecule has 5 heteroatoms. The molecule has 1 heterocycles. The molecule has 3 rings (SSSR count). The van der Waals surface area contributed by atoms with E-state index in [-0.39, 0.29) is 76.8 Å². The normalized spacial score (nSPS) is 7.32. The molecule has 1 aliphatic rings. The quantitative estimate of drug-likeness (QED) is 0.314. The number of aromatic amines is 1. The van der Waals surface area contributed by atoms with Crippen LogP contribution in [0, 0.1) is 64.3 Å². The predicted molar refractivity (Wildman–Crippen MR) is 124 cm³/mol. The van der Waals surface area contributed by atoms with E-state index in [0.717, 1.165) is 11.9 Å². The summed E-state index contributed by atoms with van der Waals surface area (Å²) in [5.74, 6) is 0. The maximum Gasteiger partial charge on any atom is -0.0745 e. The summed E-state index contributed by atoms with van der Waals surface area (Å²) in [6.07, 6.45) is 12.9. The second kappa shape index (κ2) is 39.1. The summed E-state index contributed by atoms with van der Waals surface area (Å²) in [6.45, 7) is 3.06. The van der Waals surface area contributed by atoms with Crippen molar-refractivity contribution in [3.8, 4) is 0 Å². The summed E-state index contributed by atoms with van der Waals surface area (Å²) in [5, 5.41) is 1.22. The van der Waals surface area contributed by atoms with Gasteiger partial charge < -0.3 is 57.0 Å². The third-order valence-electron chi connectivity index (χ3n) is 1.98. The minimum Gasteiger partial charge on any atom is -0.477 e. The van der Waals surface area contributed by atoms with Gasteiger partial charge in [-0.1, -0.05) is 12.1 Å². The number of para-hydroxylation sites is 1. The van der Waals surface area contributed by atoms with Crippen molar-refractivity contribution in [3.63, 3.8) is 0 Å². The Hall–Kier alpha value is -0.0800. The number of hydrogen-bond acceptors (Lipinski definition) is 0. The monoisotopic (exact) mass is 476 g/mol. The molecule has 0 amide bonds. The van der Waals surface area contributed by atoms with Crippen LogP contribution in [0.2, 0.25) is 0 Å². The molecule has 1 N–H and O–H groups in total. The summed E-state index contributed by atoms with van der Waals surface area (Å²) in [5.41, 5.74) is 1.15. The van der Waals surface area contributed by atoms with Gasteiger partial charge in [0.25, 0.3) is 0 Å². The fourth-order valence-electron chi connectivity index (χ4n) is 1.27. The summed E-state index contributed by atoms with van der Waals surface area (Å²) in [7, 11) is 0. The molecule has 0 unspecified atom stereocenters. The van der Waals surface area contributed by atoms with Gasteiger partial charge in [-0.3, -0.25) is 6.08 Å². The van der Waals surface area contributed by atoms with Crippen LogP contribution in [-0.2, 0) is 23.3 Å². The molecule has 1 aliphatic carbocycles. The number of hydrogen-bond donors (Lipinski definition) is 1. The van der Waals surface area contributed by atoms with Gasteiger partial charge in [0, 0.05) is 0 Å². The molecule has 0 saturated carbocycles. The fourth-order valence-corrected chi connectivity index (χ4v) is 1.27. The third kappa shape index (κ3) is 23.9. The Balaban J connectivity index is -0.0000000210. The van der Waals surface area contributed by atoms with Crippen LogP contribution in [0.15, 0.2) is 48.6 Å². The zero-order valence-corrected chi connectivity index (χ0v) is 21.7. The van der Waals surface area contributed by atoms with Gasteiger partial charge in [-0.15, -0.1) is 55.1 Å². The van der Waals surface area contributed by atoms with Crippen molar-refractivity contribution in [2.24, 2.45) is 0 Å². The van der Waals surface area contributed by atoms with E-state index in [1.807, 2.05) is 36.4 Å². The van der Waals surface area contributed by atoms with Crippen LogP contribution >= 0.6 is 24.8 Å². The van der Waals surface area contributed by atoms with Crippen LogP contribution in [0.25, 0.3) is 10.9 Å². The number of aromatic nitrogens is 1. The van der Waals surface area contributed by atoms with E-state index < -0.39 is 0 Å². The maximum absolute atomic E-state index is 3.06. The first-order chi connectivity index (χ1) is 7.97. The second-order valence-electron chi connectivity index (χ2n) is 3.00. The average molecular weight is 479 g/mol. The van der Waals surface area contributed by atoms with Gasteiger partial charge in [0.2, 0.25) is 0 Å². The molecule has 0 spiro atoms. The molecule has 25 heavy (non-hydrogen) atoms. The summed E-state index contributed by atoms with van der Waals surface area (Å²) in [6, 6.07) is 10.1. The van der Waals surface area contributed by atoms with Crippen LogP contribution in [0.3, 0.4) is 0 Å². The van der Waals surface area contributed by atoms with Crippen molar-refractivity contribution in [2.75, 3.05) is 0 Å². The zero-order valence-electron chi connectivity index (χ0n) is 16.6. The van der Waals surface area contributed by atoms with Gasteiger partial charge >= 0.3 is 30.2 Å². The number of halogens is 2. The van der Waals surface area contributed by atoms with Gasteiger partial charge in [-0.25, -0.2) is 12.2 Å². The first-order valence-corrected chi connectivity index (χ1v) is 9.06. The summed E-state index contributed by atoms with van der Waals surface area (Å²) in [4.78, 5) is 2.99. The molecule has 150 valence electrons. The Morgan fingerprint density at radius 2 is 1.40 bits per heavy atom. The Morgan fingerprint density at radius 1 is 0.880 bits per heavy atom. The van der Waals surface area contributed by atoms with Gasteiger partial charge in [0.15, 0.2) is 0 Å². The average Bonchev–Trinajstić information content (AvgIpc) is 3.06. The van der Waals surface area contributed by atoms with Crippen LogP contribution in [0.1, 0.15) is 6.42 Å². The molecule has 2 radical (unpaired) electrons. The molecule has 1 aromatic carbocycles. The van der Waals surface area contributed by atoms with E-state index in [2.05, 4.69) is 36.3 Å². The smallest absolute Gasteiger partial charge is 0.0745 e. The molecule has 0 saturated heterocycles. The van der Waals surface area contributed by atoms with E-state index in [4.69, 9.17) is 0 Å². The number of rotatable bonds is 0. The van der Waals surface area contributed by atoms with E-state index in [1.165, 1.54) is 28.7 Å². The first-order valence-electron chi connectivity index (χ1n) is 4.87. The standard InChI is InChI=1S/C8H6N.C5H5.7CH3.2ClH.Si.Zr/c1-2-4-8-7(3-1)5-6-9-8;1-2-4-5-3-1;;;;;;;;;;;/h1-5,9H;1-3H,4H2;7*1H3;2*1H;;/q9*-1;;;;. The Kier molecular flexibility index (Phi) is 88.1. The Morgan fingerprint density at radius 3 is 1.76 bits per heavy atom. The largest absolute Gasteiger partial charge is 0.477 e. The molecule has 2 aromatic rings. The minimum atomic E-state index is 0. The van der Waals surface area contributed by atoms with E-state index in [1.54, 1.807) is 0 Å². The molecular weight excluding hydrogens is 444 g/mol. The van der Waals surface area contributed by atoms with Crippen molar-refractivity contribution in [1.29, 1.82) is 0 Å². The first kappa shape index (κ1) is 56.3. The van der Waals surface area contributed by atoms with Crippen molar-refractivity contribution < 1.29 is 23.3 Å². The Bertz CT molecular complexity index is 445. The van der Waals surface area contributed by atoms with Gasteiger partial charge in [-0.2, -0.15) is 17.5 Å². The van der Waals surface area contributed by atoms with Crippen molar-refractivity contribution in [2.45, 2.75) is 6.42 Å². The van der Waals surface area contributed by atoms with E-state index in [0.29, 0.717) is 0 Å². The molecule has 1 aromatic heterocycles. The number of allylic oxidation sites excluding steroid dienone is 4. The topological polar surface area (TPSA) is 15.8 Å². The van der Waals surface area contributed by atoms with E-state index in [9.17, 15) is 0 Å². The zero-order chi connectivity index (χ0) is 11.6. The van der Waals surface area contributed by atoms with Crippen LogP contribution in [-0.4, -0.2) is 11.9 Å². The van der Waals surface area contributed by atoms with E-state index >= 15 is 0 Å². The van der Waals surface area contributed by atoms with Crippen LogP contribution < -0.4 is 0 Å². The molecule has 1 nitrogen and oxygen atoms in total. The number of nitrogens with one attached hydrogen (secondary N) is 1. The maximum atomic E-state index is 3.06. The SMILES string of the molecule is Cl.Cl.[C-]1=CC=CC1.[CH3-].[CH3-].[CH3-].[CH3-].[CH3-].[CH3-].[CH3-].[Si]=[Zr].[c-]1cc2ccccc2[nH]1. The number of H-pyrrole nitrogens is 1. The summed E-state index contributed by atoms with van der Waals surface area (Å²) < 4.78 is 0. The van der Waals surface area contributed by atoms with Gasteiger partial charge in [0.1, 0.15) is 0 Å². The number of benzene rings is 1. The van der Waals surface area contributed by atoms with Crippen molar-refractivity contribution in [1.82, 2.24) is 4.98 Å². The van der Waals surface area contributed by atoms with Gasteiger partial charge in [-0.05, 0) is 0 Å². The molecular formula is C20H34Cl2NSiZr-9. The minimum absolute atomic E-state index is 0. The Labute approximate surface area is 189 Å². The predicted octanol–water partition coefficient (Wildman–Crippen LogP) is 6.89. The van der Waals surface area contributed by atoms with Crippen molar-refractivity contribution >= 4 is 42.6 Å². The molecule has 0 fully saturated rings.